The van der Waals surface area contributed by atoms with Gasteiger partial charge < -0.3 is 10.6 Å². The van der Waals surface area contributed by atoms with E-state index in [-0.39, 0.29) is 0 Å². The van der Waals surface area contributed by atoms with E-state index in [4.69, 9.17) is 0 Å². The first-order valence-electron chi connectivity index (χ1n) is 6.14. The quantitative estimate of drug-likeness (QED) is 0.698. The molecule has 5 heteroatoms. The monoisotopic (exact) mass is 254 g/mol. The first-order valence-corrected chi connectivity index (χ1v) is 7.53. The van der Waals surface area contributed by atoms with E-state index in [0.29, 0.717) is 0 Å². The van der Waals surface area contributed by atoms with Crippen LogP contribution in [0.2, 0.25) is 0 Å². The fourth-order valence-electron chi connectivity index (χ4n) is 1.64. The zero-order chi connectivity index (χ0) is 12.5. The maximum absolute atomic E-state index is 4.32. The Kier molecular flexibility index (Phi) is 6.77. The minimum atomic E-state index is 0.885. The van der Waals surface area contributed by atoms with Crippen LogP contribution in [-0.2, 0) is 6.42 Å². The second-order valence-electron chi connectivity index (χ2n) is 3.71. The third-order valence-electron chi connectivity index (χ3n) is 2.46. The normalized spacial score (nSPS) is 10.3. The molecule has 1 rings (SSSR count). The molecule has 1 aromatic rings. The lowest BCUT2D eigenvalue weighted by molar-refractivity contribution is 0.954. The number of hydrogen-bond acceptors (Lipinski definition) is 5. The van der Waals surface area contributed by atoms with E-state index in [0.717, 1.165) is 37.6 Å². The number of nitrogens with one attached hydrogen (secondary N) is 2. The van der Waals surface area contributed by atoms with Crippen molar-refractivity contribution in [3.05, 3.63) is 11.9 Å². The Morgan fingerprint density at radius 1 is 1.18 bits per heavy atom. The van der Waals surface area contributed by atoms with Crippen molar-refractivity contribution in [2.75, 3.05) is 35.7 Å². The molecule has 17 heavy (non-hydrogen) atoms. The molecule has 0 unspecified atom stereocenters. The largest absolute Gasteiger partial charge is 0.370 e. The van der Waals surface area contributed by atoms with Crippen LogP contribution in [0, 0.1) is 0 Å². The highest BCUT2D eigenvalue weighted by atomic mass is 32.2. The maximum atomic E-state index is 4.32. The molecule has 0 aromatic carbocycles. The zero-order valence-corrected chi connectivity index (χ0v) is 11.7. The molecular weight excluding hydrogens is 232 g/mol. The van der Waals surface area contributed by atoms with Gasteiger partial charge in [-0.15, -0.1) is 0 Å². The summed E-state index contributed by atoms with van der Waals surface area (Å²) in [5, 5.41) is 6.67. The molecule has 0 radical (unpaired) electrons. The highest BCUT2D eigenvalue weighted by molar-refractivity contribution is 7.98. The van der Waals surface area contributed by atoms with Crippen molar-refractivity contribution < 1.29 is 0 Å². The van der Waals surface area contributed by atoms with Crippen molar-refractivity contribution in [2.24, 2.45) is 0 Å². The van der Waals surface area contributed by atoms with Gasteiger partial charge in [0.05, 0.1) is 0 Å². The Morgan fingerprint density at radius 2 is 1.88 bits per heavy atom. The molecule has 4 nitrogen and oxygen atoms in total. The minimum Gasteiger partial charge on any atom is -0.370 e. The van der Waals surface area contributed by atoms with Gasteiger partial charge >= 0.3 is 0 Å². The van der Waals surface area contributed by atoms with E-state index in [1.54, 1.807) is 6.33 Å². The number of nitrogens with zero attached hydrogens (tertiary/aromatic N) is 2. The van der Waals surface area contributed by atoms with Gasteiger partial charge in [-0.2, -0.15) is 11.8 Å². The zero-order valence-electron chi connectivity index (χ0n) is 10.9. The molecule has 0 aliphatic carbocycles. The Labute approximate surface area is 108 Å². The molecular formula is C12H22N4S. The van der Waals surface area contributed by atoms with E-state index < -0.39 is 0 Å². The molecule has 0 saturated carbocycles. The standard InChI is InChI=1S/C12H22N4S/c1-4-10-11(13-5-2)15-9-16-12(10)14-7-6-8-17-3/h9H,4-8H2,1-3H3,(H2,13,14,15,16). The lowest BCUT2D eigenvalue weighted by atomic mass is 10.2. The van der Waals surface area contributed by atoms with Crippen molar-refractivity contribution in [3.8, 4) is 0 Å². The van der Waals surface area contributed by atoms with Crippen LogP contribution >= 0.6 is 11.8 Å². The SMILES string of the molecule is CCNc1ncnc(NCCCSC)c1CC. The maximum Gasteiger partial charge on any atom is 0.134 e. The molecule has 1 heterocycles. The summed E-state index contributed by atoms with van der Waals surface area (Å²) < 4.78 is 0. The number of thioether (sulfide) groups is 1. The number of rotatable bonds is 8. The molecule has 0 saturated heterocycles. The molecule has 1 aromatic heterocycles. The first-order chi connectivity index (χ1) is 8.33. The van der Waals surface area contributed by atoms with Crippen LogP contribution in [0.3, 0.4) is 0 Å². The molecule has 0 aliphatic heterocycles. The molecule has 0 fully saturated rings. The van der Waals surface area contributed by atoms with Crippen LogP contribution < -0.4 is 10.6 Å². The topological polar surface area (TPSA) is 49.8 Å². The van der Waals surface area contributed by atoms with Gasteiger partial charge in [-0.25, -0.2) is 9.97 Å². The van der Waals surface area contributed by atoms with Crippen LogP contribution in [0.4, 0.5) is 11.6 Å². The van der Waals surface area contributed by atoms with Gasteiger partial charge in [-0.1, -0.05) is 6.92 Å². The van der Waals surface area contributed by atoms with E-state index in [9.17, 15) is 0 Å². The highest BCUT2D eigenvalue weighted by Gasteiger charge is 2.08. The average Bonchev–Trinajstić information content (AvgIpc) is 2.35. The summed E-state index contributed by atoms with van der Waals surface area (Å²) in [6, 6.07) is 0. The summed E-state index contributed by atoms with van der Waals surface area (Å²) in [5.74, 6) is 3.11. The van der Waals surface area contributed by atoms with Crippen molar-refractivity contribution in [2.45, 2.75) is 26.7 Å². The third-order valence-corrected chi connectivity index (χ3v) is 3.16. The van der Waals surface area contributed by atoms with E-state index in [2.05, 4.69) is 40.7 Å². The smallest absolute Gasteiger partial charge is 0.134 e. The van der Waals surface area contributed by atoms with Crippen LogP contribution in [0.15, 0.2) is 6.33 Å². The summed E-state index contributed by atoms with van der Waals surface area (Å²) >= 11 is 1.87. The van der Waals surface area contributed by atoms with Crippen LogP contribution in [0.1, 0.15) is 25.8 Å². The van der Waals surface area contributed by atoms with Crippen molar-refractivity contribution in [1.29, 1.82) is 0 Å². The molecule has 0 bridgehead atoms. The Balaban J connectivity index is 2.66. The Hall–Kier alpha value is -0.970. The fraction of sp³-hybridized carbons (Fsp3) is 0.667. The summed E-state index contributed by atoms with van der Waals surface area (Å²) in [6.07, 6.45) is 5.85. The third kappa shape index (κ3) is 4.42. The predicted molar refractivity (Wildman–Crippen MR) is 77.1 cm³/mol. The van der Waals surface area contributed by atoms with Crippen molar-refractivity contribution >= 4 is 23.4 Å². The molecule has 0 spiro atoms. The summed E-state index contributed by atoms with van der Waals surface area (Å²) in [5.41, 5.74) is 1.18. The van der Waals surface area contributed by atoms with Crippen molar-refractivity contribution in [3.63, 3.8) is 0 Å². The second kappa shape index (κ2) is 8.17. The van der Waals surface area contributed by atoms with Gasteiger partial charge in [-0.05, 0) is 31.8 Å². The van der Waals surface area contributed by atoms with Crippen LogP contribution in [-0.4, -0.2) is 35.1 Å². The van der Waals surface area contributed by atoms with E-state index in [1.807, 2.05) is 11.8 Å². The summed E-state index contributed by atoms with van der Waals surface area (Å²) in [7, 11) is 0. The highest BCUT2D eigenvalue weighted by Crippen LogP contribution is 2.20. The van der Waals surface area contributed by atoms with Crippen LogP contribution in [0.25, 0.3) is 0 Å². The Morgan fingerprint density at radius 3 is 2.47 bits per heavy atom. The molecule has 96 valence electrons. The van der Waals surface area contributed by atoms with Crippen LogP contribution in [0.5, 0.6) is 0 Å². The molecule has 0 aliphatic rings. The molecule has 2 N–H and O–H groups in total. The van der Waals surface area contributed by atoms with E-state index >= 15 is 0 Å². The number of hydrogen-bond donors (Lipinski definition) is 2. The van der Waals surface area contributed by atoms with Gasteiger partial charge in [0, 0.05) is 18.7 Å². The Bertz CT molecular complexity index is 330. The lowest BCUT2D eigenvalue weighted by Gasteiger charge is -2.13. The lowest BCUT2D eigenvalue weighted by Crippen LogP contribution is -2.11. The van der Waals surface area contributed by atoms with Gasteiger partial charge in [0.1, 0.15) is 18.0 Å². The second-order valence-corrected chi connectivity index (χ2v) is 4.69. The van der Waals surface area contributed by atoms with Crippen molar-refractivity contribution in [1.82, 2.24) is 9.97 Å². The predicted octanol–water partition coefficient (Wildman–Crippen LogP) is 2.64. The summed E-state index contributed by atoms with van der Waals surface area (Å²) in [4.78, 5) is 8.60. The van der Waals surface area contributed by atoms with Gasteiger partial charge in [0.2, 0.25) is 0 Å². The molecule has 0 amide bonds. The van der Waals surface area contributed by atoms with Gasteiger partial charge in [0.15, 0.2) is 0 Å². The fourth-order valence-corrected chi connectivity index (χ4v) is 2.08. The first kappa shape index (κ1) is 14.1. The molecule has 0 atom stereocenters. The minimum absolute atomic E-state index is 0.885. The van der Waals surface area contributed by atoms with Gasteiger partial charge in [0.25, 0.3) is 0 Å². The average molecular weight is 254 g/mol. The number of anilines is 2. The van der Waals surface area contributed by atoms with E-state index in [1.165, 1.54) is 11.3 Å². The van der Waals surface area contributed by atoms with Gasteiger partial charge in [-0.3, -0.25) is 0 Å². The number of aromatic nitrogens is 2. The summed E-state index contributed by atoms with van der Waals surface area (Å²) in [6.45, 7) is 6.06.